The number of rotatable bonds is 5. The number of hydrogen-bond acceptors (Lipinski definition) is 0. The van der Waals surface area contributed by atoms with Crippen molar-refractivity contribution < 1.29 is 0 Å². The molecule has 2 rings (SSSR count). The second kappa shape index (κ2) is 6.10. The zero-order valence-corrected chi connectivity index (χ0v) is 18.5. The summed E-state index contributed by atoms with van der Waals surface area (Å²) >= 11 is 0. The molecule has 0 saturated heterocycles. The summed E-state index contributed by atoms with van der Waals surface area (Å²) in [7, 11) is -3.58. The van der Waals surface area contributed by atoms with Crippen LogP contribution in [0.1, 0.15) is 0 Å². The Morgan fingerprint density at radius 3 is 1.91 bits per heavy atom. The van der Waals surface area contributed by atoms with E-state index in [2.05, 4.69) is 88.3 Å². The van der Waals surface area contributed by atoms with Crippen molar-refractivity contribution in [2.75, 3.05) is 0 Å². The first kappa shape index (κ1) is 17.7. The Hall–Kier alpha value is -0.649. The first-order chi connectivity index (χ1) is 10.0. The topological polar surface area (TPSA) is 0 Å². The standard InChI is InChI=1S/C19H32Si3/c1-20(2,3)15-16-21(4,5)22(6,7)19-14-10-12-17-11-8-9-13-18(17)19/h8-14H,15-16H2,1-7H3. The minimum atomic E-state index is -1.41. The maximum Gasteiger partial charge on any atom is 0.0746 e. The molecule has 0 amide bonds. The highest BCUT2D eigenvalue weighted by Gasteiger charge is 2.43. The Morgan fingerprint density at radius 1 is 0.682 bits per heavy atom. The van der Waals surface area contributed by atoms with Gasteiger partial charge < -0.3 is 0 Å². The van der Waals surface area contributed by atoms with Crippen LogP contribution in [0, 0.1) is 0 Å². The van der Waals surface area contributed by atoms with Gasteiger partial charge in [-0.3, -0.25) is 0 Å². The average Bonchev–Trinajstić information content (AvgIpc) is 2.43. The van der Waals surface area contributed by atoms with Crippen LogP contribution in [0.15, 0.2) is 42.5 Å². The fourth-order valence-electron chi connectivity index (χ4n) is 3.13. The zero-order chi connectivity index (χ0) is 16.6. The van der Waals surface area contributed by atoms with E-state index in [9.17, 15) is 0 Å². The molecule has 120 valence electrons. The van der Waals surface area contributed by atoms with E-state index in [1.807, 2.05) is 0 Å². The molecule has 0 fully saturated rings. The highest BCUT2D eigenvalue weighted by atomic mass is 29.3. The van der Waals surface area contributed by atoms with E-state index < -0.39 is 23.3 Å². The molecule has 0 spiro atoms. The number of hydrogen-bond donors (Lipinski definition) is 0. The molecule has 0 unspecified atom stereocenters. The Labute approximate surface area is 139 Å². The lowest BCUT2D eigenvalue weighted by atomic mass is 10.1. The summed E-state index contributed by atoms with van der Waals surface area (Å²) in [6.07, 6.45) is 0. The predicted octanol–water partition coefficient (Wildman–Crippen LogP) is 5.88. The molecule has 2 aromatic carbocycles. The van der Waals surface area contributed by atoms with Crippen LogP contribution >= 0.6 is 0 Å². The van der Waals surface area contributed by atoms with E-state index >= 15 is 0 Å². The Bertz CT molecular complexity index is 646. The van der Waals surface area contributed by atoms with Gasteiger partial charge in [0.25, 0.3) is 0 Å². The molecule has 0 aliphatic heterocycles. The van der Waals surface area contributed by atoms with Crippen molar-refractivity contribution in [3.8, 4) is 0 Å². The molecular formula is C19H32Si3. The van der Waals surface area contributed by atoms with Gasteiger partial charge >= 0.3 is 0 Å². The van der Waals surface area contributed by atoms with Gasteiger partial charge in [0, 0.05) is 15.7 Å². The molecule has 0 atom stereocenters. The zero-order valence-electron chi connectivity index (χ0n) is 15.5. The van der Waals surface area contributed by atoms with E-state index in [0.29, 0.717) is 0 Å². The second-order valence-corrected chi connectivity index (χ2v) is 30.6. The van der Waals surface area contributed by atoms with Crippen LogP contribution in [-0.2, 0) is 0 Å². The van der Waals surface area contributed by atoms with Gasteiger partial charge in [0.05, 0.1) is 7.59 Å². The van der Waals surface area contributed by atoms with Gasteiger partial charge in [-0.15, -0.1) is 0 Å². The molecule has 0 N–H and O–H groups in total. The summed E-state index contributed by atoms with van der Waals surface area (Å²) in [5, 5.41) is 4.61. The SMILES string of the molecule is C[Si](C)(C)CC[Si](C)(C)[Si](C)(C)c1cccc2ccccc12. The molecule has 3 heteroatoms. The smallest absolute Gasteiger partial charge is 0.0710 e. The predicted molar refractivity (Wildman–Crippen MR) is 112 cm³/mol. The monoisotopic (exact) mass is 344 g/mol. The van der Waals surface area contributed by atoms with Crippen molar-refractivity contribution in [3.05, 3.63) is 42.5 Å². The van der Waals surface area contributed by atoms with Gasteiger partial charge in [-0.05, 0) is 10.8 Å². The van der Waals surface area contributed by atoms with E-state index in [1.54, 1.807) is 5.19 Å². The third-order valence-electron chi connectivity index (χ3n) is 5.65. The summed E-state index contributed by atoms with van der Waals surface area (Å²) in [4.78, 5) is 0. The van der Waals surface area contributed by atoms with Crippen LogP contribution in [0.4, 0.5) is 0 Å². The van der Waals surface area contributed by atoms with Crippen LogP contribution in [-0.4, -0.2) is 23.3 Å². The lowest BCUT2D eigenvalue weighted by Crippen LogP contribution is -2.63. The van der Waals surface area contributed by atoms with Gasteiger partial charge in [0.2, 0.25) is 0 Å². The third kappa shape index (κ3) is 3.63. The summed E-state index contributed by atoms with van der Waals surface area (Å²) < 4.78 is 0. The minimum Gasteiger partial charge on any atom is -0.0710 e. The maximum absolute atomic E-state index is 2.65. The average molecular weight is 345 g/mol. The summed E-state index contributed by atoms with van der Waals surface area (Å²) in [5.74, 6) is 0. The van der Waals surface area contributed by atoms with Gasteiger partial charge in [-0.25, -0.2) is 0 Å². The largest absolute Gasteiger partial charge is 0.0746 e. The maximum atomic E-state index is 2.65. The van der Waals surface area contributed by atoms with E-state index in [-0.39, 0.29) is 0 Å². The fourth-order valence-corrected chi connectivity index (χ4v) is 17.2. The van der Waals surface area contributed by atoms with Crippen LogP contribution < -0.4 is 5.19 Å². The summed E-state index contributed by atoms with van der Waals surface area (Å²) in [6.45, 7) is 18.1. The molecule has 0 aliphatic rings. The quantitative estimate of drug-likeness (QED) is 0.594. The molecular weight excluding hydrogens is 312 g/mol. The summed E-state index contributed by atoms with van der Waals surface area (Å²) in [6, 6.07) is 18.9. The van der Waals surface area contributed by atoms with Crippen LogP contribution in [0.25, 0.3) is 10.8 Å². The molecule has 0 nitrogen and oxygen atoms in total. The Kier molecular flexibility index (Phi) is 4.91. The first-order valence-electron chi connectivity index (χ1n) is 8.53. The molecule has 2 aromatic rings. The van der Waals surface area contributed by atoms with E-state index in [4.69, 9.17) is 0 Å². The molecule has 0 aliphatic carbocycles. The van der Waals surface area contributed by atoms with Crippen molar-refractivity contribution in [3.63, 3.8) is 0 Å². The van der Waals surface area contributed by atoms with Crippen molar-refractivity contribution in [2.45, 2.75) is 57.9 Å². The molecule has 22 heavy (non-hydrogen) atoms. The van der Waals surface area contributed by atoms with Crippen molar-refractivity contribution >= 4 is 39.2 Å². The minimum absolute atomic E-state index is 0.943. The van der Waals surface area contributed by atoms with Gasteiger partial charge in [-0.2, -0.15) is 0 Å². The number of fused-ring (bicyclic) bond motifs is 1. The normalized spacial score (nSPS) is 13.6. The highest BCUT2D eigenvalue weighted by molar-refractivity contribution is 7.46. The lowest BCUT2D eigenvalue weighted by molar-refractivity contribution is 1.29. The molecule has 0 saturated carbocycles. The van der Waals surface area contributed by atoms with Gasteiger partial charge in [0.1, 0.15) is 0 Å². The molecule has 0 bridgehead atoms. The second-order valence-electron chi connectivity index (χ2n) is 9.10. The lowest BCUT2D eigenvalue weighted by Gasteiger charge is -2.41. The first-order valence-corrected chi connectivity index (χ1v) is 19.4. The van der Waals surface area contributed by atoms with Crippen molar-refractivity contribution in [1.29, 1.82) is 0 Å². The molecule has 0 heterocycles. The van der Waals surface area contributed by atoms with Gasteiger partial charge in [-0.1, -0.05) is 106 Å². The Balaban J connectivity index is 2.43. The summed E-state index contributed by atoms with van der Waals surface area (Å²) in [5.41, 5.74) is 0. The highest BCUT2D eigenvalue weighted by Crippen LogP contribution is 2.29. The van der Waals surface area contributed by atoms with E-state index in [0.717, 1.165) is 0 Å². The molecule has 0 radical (unpaired) electrons. The van der Waals surface area contributed by atoms with Gasteiger partial charge in [0.15, 0.2) is 0 Å². The van der Waals surface area contributed by atoms with Crippen LogP contribution in [0.3, 0.4) is 0 Å². The van der Waals surface area contributed by atoms with Crippen LogP contribution in [0.2, 0.25) is 57.9 Å². The third-order valence-corrected chi connectivity index (χ3v) is 26.3. The Morgan fingerprint density at radius 2 is 1.27 bits per heavy atom. The molecule has 0 aromatic heterocycles. The van der Waals surface area contributed by atoms with Crippen LogP contribution in [0.5, 0.6) is 0 Å². The van der Waals surface area contributed by atoms with Crippen molar-refractivity contribution in [2.24, 2.45) is 0 Å². The van der Waals surface area contributed by atoms with E-state index in [1.165, 1.54) is 22.9 Å². The number of benzene rings is 2. The van der Waals surface area contributed by atoms with Crippen molar-refractivity contribution in [1.82, 2.24) is 0 Å². The fraction of sp³-hybridized carbons (Fsp3) is 0.474.